The number of carbonyl (C=O) groups excluding carboxylic acids is 3. The normalized spacial score (nSPS) is 14.1. The number of aromatic nitrogens is 2. The summed E-state index contributed by atoms with van der Waals surface area (Å²) in [6, 6.07) is 6.27. The van der Waals surface area contributed by atoms with Crippen molar-refractivity contribution < 1.29 is 23.2 Å². The van der Waals surface area contributed by atoms with E-state index in [1.165, 1.54) is 0 Å². The van der Waals surface area contributed by atoms with Gasteiger partial charge >= 0.3 is 6.01 Å². The van der Waals surface area contributed by atoms with Crippen molar-refractivity contribution in [3.05, 3.63) is 52.2 Å². The van der Waals surface area contributed by atoms with Gasteiger partial charge in [0.1, 0.15) is 24.0 Å². The number of likely N-dealkylation sites (tertiary alicyclic amines) is 1. The molecule has 1 N–H and O–H groups in total. The van der Waals surface area contributed by atoms with Crippen LogP contribution >= 0.6 is 0 Å². The molecule has 0 atom stereocenters. The molecule has 3 amide bonds. The first kappa shape index (κ1) is 16.6. The van der Waals surface area contributed by atoms with Crippen LogP contribution in [0.25, 0.3) is 11.0 Å². The lowest BCUT2D eigenvalue weighted by molar-refractivity contribution is -0.139. The number of fused-ring (bicyclic) bond motifs is 1. The lowest BCUT2D eigenvalue weighted by Gasteiger charge is -2.09. The number of rotatable bonds is 4. The number of hydrogen-bond donors (Lipinski definition) is 1. The molecule has 10 heteroatoms. The summed E-state index contributed by atoms with van der Waals surface area (Å²) in [6.07, 6.45) is 1.35. The minimum absolute atomic E-state index is 0.0144. The highest BCUT2D eigenvalue weighted by atomic mass is 16.4. The van der Waals surface area contributed by atoms with Gasteiger partial charge < -0.3 is 8.83 Å². The maximum atomic E-state index is 12.4. The third kappa shape index (κ3) is 3.08. The molecule has 136 valence electrons. The summed E-state index contributed by atoms with van der Waals surface area (Å²) >= 11 is 0. The van der Waals surface area contributed by atoms with Gasteiger partial charge in [0.2, 0.25) is 23.1 Å². The van der Waals surface area contributed by atoms with Gasteiger partial charge in [-0.2, -0.15) is 0 Å². The second kappa shape index (κ2) is 6.48. The van der Waals surface area contributed by atoms with Gasteiger partial charge in [-0.05, 0) is 12.1 Å². The van der Waals surface area contributed by atoms with Crippen LogP contribution < -0.4 is 10.7 Å². The van der Waals surface area contributed by atoms with Gasteiger partial charge in [-0.25, -0.2) is 0 Å². The average molecular weight is 368 g/mol. The standard InChI is InChI=1S/C17H12N4O6/c22-13-5-6-14(23)21(13)7-12-19-20-17(27-12)18-16(25)10-8-26-11-4-2-1-3-9(11)15(10)24/h1-4,8H,5-7H2,(H,18,20,25). The van der Waals surface area contributed by atoms with E-state index in [0.717, 1.165) is 11.2 Å². The Balaban J connectivity index is 1.52. The maximum absolute atomic E-state index is 12.4. The van der Waals surface area contributed by atoms with Crippen molar-refractivity contribution in [3.63, 3.8) is 0 Å². The molecule has 1 aromatic carbocycles. The highest BCUT2D eigenvalue weighted by Gasteiger charge is 2.30. The van der Waals surface area contributed by atoms with Crippen molar-refractivity contribution >= 4 is 34.7 Å². The number of nitrogens with zero attached hydrogens (tertiary/aromatic N) is 3. The van der Waals surface area contributed by atoms with E-state index in [1.807, 2.05) is 0 Å². The van der Waals surface area contributed by atoms with Crippen molar-refractivity contribution in [2.24, 2.45) is 0 Å². The smallest absolute Gasteiger partial charge is 0.322 e. The molecule has 1 saturated heterocycles. The Labute approximate surface area is 150 Å². The summed E-state index contributed by atoms with van der Waals surface area (Å²) in [5.74, 6) is -1.44. The van der Waals surface area contributed by atoms with Crippen molar-refractivity contribution in [2.45, 2.75) is 19.4 Å². The van der Waals surface area contributed by atoms with Crippen molar-refractivity contribution in [1.29, 1.82) is 0 Å². The van der Waals surface area contributed by atoms with Crippen LogP contribution in [0, 0.1) is 0 Å². The summed E-state index contributed by atoms with van der Waals surface area (Å²) in [4.78, 5) is 48.9. The Hall–Kier alpha value is -3.82. The molecule has 0 bridgehead atoms. The largest absolute Gasteiger partial charge is 0.463 e. The van der Waals surface area contributed by atoms with Crippen molar-refractivity contribution in [3.8, 4) is 0 Å². The number of para-hydroxylation sites is 1. The summed E-state index contributed by atoms with van der Waals surface area (Å²) < 4.78 is 10.5. The monoisotopic (exact) mass is 368 g/mol. The average Bonchev–Trinajstić information content (AvgIpc) is 3.23. The zero-order chi connectivity index (χ0) is 19.0. The molecule has 27 heavy (non-hydrogen) atoms. The number of anilines is 1. The quantitative estimate of drug-likeness (QED) is 0.676. The molecule has 1 aliphatic heterocycles. The Bertz CT molecular complexity index is 1120. The predicted molar refractivity (Wildman–Crippen MR) is 89.5 cm³/mol. The first-order chi connectivity index (χ1) is 13.0. The summed E-state index contributed by atoms with van der Waals surface area (Å²) in [6.45, 7) is -0.168. The molecule has 3 heterocycles. The molecule has 2 aromatic heterocycles. The first-order valence-corrected chi connectivity index (χ1v) is 8.00. The summed E-state index contributed by atoms with van der Waals surface area (Å²) in [5, 5.41) is 9.89. The third-order valence-electron chi connectivity index (χ3n) is 4.06. The van der Waals surface area contributed by atoms with E-state index in [0.29, 0.717) is 5.58 Å². The lowest BCUT2D eigenvalue weighted by Crippen LogP contribution is -2.28. The fourth-order valence-electron chi connectivity index (χ4n) is 2.70. The molecule has 0 aliphatic carbocycles. The van der Waals surface area contributed by atoms with E-state index in [9.17, 15) is 19.2 Å². The molecular formula is C17H12N4O6. The van der Waals surface area contributed by atoms with E-state index in [1.54, 1.807) is 24.3 Å². The summed E-state index contributed by atoms with van der Waals surface area (Å²) in [7, 11) is 0. The van der Waals surface area contributed by atoms with Gasteiger partial charge in [-0.15, -0.1) is 5.10 Å². The number of nitrogens with one attached hydrogen (secondary N) is 1. The van der Waals surface area contributed by atoms with Gasteiger partial charge in [0.25, 0.3) is 5.91 Å². The predicted octanol–water partition coefficient (Wildman–Crippen LogP) is 1.08. The highest BCUT2D eigenvalue weighted by molar-refractivity contribution is 6.04. The van der Waals surface area contributed by atoms with E-state index in [2.05, 4.69) is 15.5 Å². The van der Waals surface area contributed by atoms with Crippen LogP contribution in [0.15, 0.2) is 44.2 Å². The molecule has 0 radical (unpaired) electrons. The third-order valence-corrected chi connectivity index (χ3v) is 4.06. The molecule has 1 aliphatic rings. The number of imide groups is 1. The van der Waals surface area contributed by atoms with Crippen LogP contribution in [-0.4, -0.2) is 32.8 Å². The van der Waals surface area contributed by atoms with Gasteiger partial charge in [0, 0.05) is 12.8 Å². The van der Waals surface area contributed by atoms with E-state index in [4.69, 9.17) is 8.83 Å². The van der Waals surface area contributed by atoms with Crippen LogP contribution in [0.5, 0.6) is 0 Å². The van der Waals surface area contributed by atoms with Crippen LogP contribution in [0.3, 0.4) is 0 Å². The Morgan fingerprint density at radius 2 is 1.85 bits per heavy atom. The molecular weight excluding hydrogens is 356 g/mol. The zero-order valence-electron chi connectivity index (χ0n) is 13.8. The Morgan fingerprint density at radius 3 is 2.63 bits per heavy atom. The second-order valence-electron chi connectivity index (χ2n) is 5.80. The Kier molecular flexibility index (Phi) is 3.99. The molecule has 1 fully saturated rings. The SMILES string of the molecule is O=C(Nc1nnc(CN2C(=O)CCC2=O)o1)c1coc2ccccc2c1=O. The number of hydrogen-bond acceptors (Lipinski definition) is 8. The minimum atomic E-state index is -0.780. The van der Waals surface area contributed by atoms with Crippen molar-refractivity contribution in [2.75, 3.05) is 5.32 Å². The molecule has 0 spiro atoms. The van der Waals surface area contributed by atoms with Crippen LogP contribution in [0.1, 0.15) is 29.1 Å². The minimum Gasteiger partial charge on any atom is -0.463 e. The highest BCUT2D eigenvalue weighted by Crippen LogP contribution is 2.17. The van der Waals surface area contributed by atoms with Gasteiger partial charge in [0.15, 0.2) is 0 Å². The fraction of sp³-hybridized carbons (Fsp3) is 0.176. The van der Waals surface area contributed by atoms with E-state index < -0.39 is 11.3 Å². The molecule has 10 nitrogen and oxygen atoms in total. The van der Waals surface area contributed by atoms with Gasteiger partial charge in [-0.3, -0.25) is 29.4 Å². The zero-order valence-corrected chi connectivity index (χ0v) is 13.8. The molecule has 3 aromatic rings. The number of benzene rings is 1. The lowest BCUT2D eigenvalue weighted by atomic mass is 10.1. The summed E-state index contributed by atoms with van der Waals surface area (Å²) in [5.41, 5.74) is -0.361. The molecule has 0 saturated carbocycles. The van der Waals surface area contributed by atoms with E-state index >= 15 is 0 Å². The van der Waals surface area contributed by atoms with Crippen LogP contribution in [0.4, 0.5) is 6.01 Å². The number of carbonyl (C=O) groups is 3. The van der Waals surface area contributed by atoms with E-state index in [-0.39, 0.29) is 54.1 Å². The van der Waals surface area contributed by atoms with Crippen LogP contribution in [0.2, 0.25) is 0 Å². The molecule has 0 unspecified atom stereocenters. The molecule has 4 rings (SSSR count). The van der Waals surface area contributed by atoms with Crippen LogP contribution in [-0.2, 0) is 16.1 Å². The fourth-order valence-corrected chi connectivity index (χ4v) is 2.70. The van der Waals surface area contributed by atoms with Crippen molar-refractivity contribution in [1.82, 2.24) is 15.1 Å². The first-order valence-electron chi connectivity index (χ1n) is 8.00. The van der Waals surface area contributed by atoms with Gasteiger partial charge in [-0.1, -0.05) is 17.2 Å². The van der Waals surface area contributed by atoms with Gasteiger partial charge in [0.05, 0.1) is 5.39 Å². The maximum Gasteiger partial charge on any atom is 0.322 e. The second-order valence-corrected chi connectivity index (χ2v) is 5.80. The number of amides is 3. The Morgan fingerprint density at radius 1 is 1.11 bits per heavy atom. The topological polar surface area (TPSA) is 136 Å².